The van der Waals surface area contributed by atoms with E-state index in [0.29, 0.717) is 0 Å². The monoisotopic (exact) mass is 274 g/mol. The van der Waals surface area contributed by atoms with E-state index in [1.807, 2.05) is 0 Å². The number of rotatable bonds is 6. The lowest BCUT2D eigenvalue weighted by molar-refractivity contribution is 0.124. The molecule has 20 heavy (non-hydrogen) atoms. The van der Waals surface area contributed by atoms with Crippen molar-refractivity contribution >= 4 is 0 Å². The summed E-state index contributed by atoms with van der Waals surface area (Å²) in [4.78, 5) is 4.80. The van der Waals surface area contributed by atoms with E-state index in [9.17, 15) is 0 Å². The summed E-state index contributed by atoms with van der Waals surface area (Å²) in [5, 5.41) is 3.40. The SMILES string of the molecule is c1cc2c(nc1CCOCC[C@@H]1CCNC1)CCCC2. The maximum Gasteiger partial charge on any atom is 0.0521 e. The summed E-state index contributed by atoms with van der Waals surface area (Å²) in [6.45, 7) is 4.07. The van der Waals surface area contributed by atoms with Gasteiger partial charge in [-0.1, -0.05) is 6.07 Å². The Morgan fingerprint density at radius 1 is 1.20 bits per heavy atom. The van der Waals surface area contributed by atoms with Crippen LogP contribution in [0.4, 0.5) is 0 Å². The molecule has 110 valence electrons. The third-order valence-corrected chi connectivity index (χ3v) is 4.57. The van der Waals surface area contributed by atoms with E-state index in [1.54, 1.807) is 0 Å². The summed E-state index contributed by atoms with van der Waals surface area (Å²) in [5.41, 5.74) is 4.01. The van der Waals surface area contributed by atoms with Gasteiger partial charge in [-0.25, -0.2) is 0 Å². The Morgan fingerprint density at radius 3 is 3.05 bits per heavy atom. The largest absolute Gasteiger partial charge is 0.381 e. The first kappa shape index (κ1) is 14.0. The molecule has 1 aliphatic heterocycles. The maximum absolute atomic E-state index is 5.78. The van der Waals surface area contributed by atoms with Crippen LogP contribution < -0.4 is 5.32 Å². The molecule has 3 rings (SSSR count). The zero-order chi connectivity index (χ0) is 13.6. The minimum Gasteiger partial charge on any atom is -0.381 e. The Morgan fingerprint density at radius 2 is 2.15 bits per heavy atom. The summed E-state index contributed by atoms with van der Waals surface area (Å²) >= 11 is 0. The van der Waals surface area contributed by atoms with E-state index in [-0.39, 0.29) is 0 Å². The molecule has 1 aromatic heterocycles. The highest BCUT2D eigenvalue weighted by Gasteiger charge is 2.14. The van der Waals surface area contributed by atoms with Crippen molar-refractivity contribution in [3.63, 3.8) is 0 Å². The van der Waals surface area contributed by atoms with Gasteiger partial charge in [0, 0.05) is 24.4 Å². The van der Waals surface area contributed by atoms with Crippen molar-refractivity contribution in [2.45, 2.75) is 44.9 Å². The van der Waals surface area contributed by atoms with Crippen LogP contribution in [0.5, 0.6) is 0 Å². The van der Waals surface area contributed by atoms with Crippen LogP contribution >= 0.6 is 0 Å². The van der Waals surface area contributed by atoms with Crippen molar-refractivity contribution in [2.24, 2.45) is 5.92 Å². The molecule has 2 aliphatic rings. The maximum atomic E-state index is 5.78. The molecule has 1 aliphatic carbocycles. The van der Waals surface area contributed by atoms with Crippen LogP contribution in [0.15, 0.2) is 12.1 Å². The van der Waals surface area contributed by atoms with E-state index in [0.717, 1.165) is 25.6 Å². The first-order valence-corrected chi connectivity index (χ1v) is 8.18. The predicted molar refractivity (Wildman–Crippen MR) is 81.0 cm³/mol. The summed E-state index contributed by atoms with van der Waals surface area (Å²) in [6.07, 6.45) is 8.48. The van der Waals surface area contributed by atoms with Crippen molar-refractivity contribution in [3.05, 3.63) is 29.1 Å². The van der Waals surface area contributed by atoms with E-state index in [1.165, 1.54) is 68.6 Å². The average Bonchev–Trinajstić information content (AvgIpc) is 3.00. The van der Waals surface area contributed by atoms with Crippen LogP contribution in [-0.4, -0.2) is 31.3 Å². The second-order valence-corrected chi connectivity index (χ2v) is 6.13. The smallest absolute Gasteiger partial charge is 0.0521 e. The summed E-state index contributed by atoms with van der Waals surface area (Å²) < 4.78 is 5.78. The number of fused-ring (bicyclic) bond motifs is 1. The van der Waals surface area contributed by atoms with Gasteiger partial charge in [-0.15, -0.1) is 0 Å². The molecule has 1 N–H and O–H groups in total. The number of ether oxygens (including phenoxy) is 1. The number of aryl methyl sites for hydroxylation is 2. The van der Waals surface area contributed by atoms with Crippen LogP contribution in [0.1, 0.15) is 42.6 Å². The van der Waals surface area contributed by atoms with Crippen molar-refractivity contribution < 1.29 is 4.74 Å². The fourth-order valence-electron chi connectivity index (χ4n) is 3.26. The zero-order valence-electron chi connectivity index (χ0n) is 12.4. The highest BCUT2D eigenvalue weighted by atomic mass is 16.5. The van der Waals surface area contributed by atoms with E-state index in [2.05, 4.69) is 17.4 Å². The molecule has 3 nitrogen and oxygen atoms in total. The molecule has 2 heterocycles. The molecule has 0 aromatic carbocycles. The first-order chi connectivity index (χ1) is 9.92. The van der Waals surface area contributed by atoms with Crippen molar-refractivity contribution in [1.82, 2.24) is 10.3 Å². The third-order valence-electron chi connectivity index (χ3n) is 4.57. The molecule has 1 fully saturated rings. The van der Waals surface area contributed by atoms with Gasteiger partial charge in [-0.3, -0.25) is 4.98 Å². The Bertz CT molecular complexity index is 427. The van der Waals surface area contributed by atoms with Crippen LogP contribution in [0, 0.1) is 5.92 Å². The molecular formula is C17H26N2O. The molecule has 1 atom stereocenters. The van der Waals surface area contributed by atoms with Gasteiger partial charge in [-0.2, -0.15) is 0 Å². The lowest BCUT2D eigenvalue weighted by Crippen LogP contribution is -2.12. The number of hydrogen-bond acceptors (Lipinski definition) is 3. The Kier molecular flexibility index (Phi) is 5.04. The lowest BCUT2D eigenvalue weighted by Gasteiger charge is -2.15. The zero-order valence-corrected chi connectivity index (χ0v) is 12.4. The van der Waals surface area contributed by atoms with Gasteiger partial charge >= 0.3 is 0 Å². The summed E-state index contributed by atoms with van der Waals surface area (Å²) in [5.74, 6) is 0.830. The highest BCUT2D eigenvalue weighted by molar-refractivity contribution is 5.25. The van der Waals surface area contributed by atoms with Crippen LogP contribution in [0.3, 0.4) is 0 Å². The topological polar surface area (TPSA) is 34.1 Å². The Hall–Kier alpha value is -0.930. The molecule has 0 spiro atoms. The minimum atomic E-state index is 0.811. The molecule has 0 bridgehead atoms. The third kappa shape index (κ3) is 3.80. The number of aromatic nitrogens is 1. The van der Waals surface area contributed by atoms with E-state index < -0.39 is 0 Å². The predicted octanol–water partition coefficient (Wildman–Crippen LogP) is 2.52. The molecule has 0 amide bonds. The van der Waals surface area contributed by atoms with Crippen LogP contribution in [0.25, 0.3) is 0 Å². The molecule has 0 radical (unpaired) electrons. The van der Waals surface area contributed by atoms with Gasteiger partial charge < -0.3 is 10.1 Å². The van der Waals surface area contributed by atoms with Gasteiger partial charge in [0.2, 0.25) is 0 Å². The van der Waals surface area contributed by atoms with E-state index in [4.69, 9.17) is 9.72 Å². The second-order valence-electron chi connectivity index (χ2n) is 6.13. The van der Waals surface area contributed by atoms with Crippen molar-refractivity contribution in [1.29, 1.82) is 0 Å². The van der Waals surface area contributed by atoms with Crippen molar-refractivity contribution in [3.8, 4) is 0 Å². The average molecular weight is 274 g/mol. The second kappa shape index (κ2) is 7.19. The van der Waals surface area contributed by atoms with Crippen LogP contribution in [0.2, 0.25) is 0 Å². The molecule has 0 unspecified atom stereocenters. The fourth-order valence-corrected chi connectivity index (χ4v) is 3.26. The molecule has 0 saturated carbocycles. The molecular weight excluding hydrogens is 248 g/mol. The molecule has 1 saturated heterocycles. The first-order valence-electron chi connectivity index (χ1n) is 8.18. The van der Waals surface area contributed by atoms with Gasteiger partial charge in [-0.05, 0) is 69.2 Å². The number of nitrogens with one attached hydrogen (secondary N) is 1. The fraction of sp³-hybridized carbons (Fsp3) is 0.706. The molecule has 3 heteroatoms. The Balaban J connectivity index is 1.37. The molecule has 1 aromatic rings. The number of hydrogen-bond donors (Lipinski definition) is 1. The van der Waals surface area contributed by atoms with Crippen molar-refractivity contribution in [2.75, 3.05) is 26.3 Å². The number of pyridine rings is 1. The lowest BCUT2D eigenvalue weighted by atomic mass is 9.96. The highest BCUT2D eigenvalue weighted by Crippen LogP contribution is 2.19. The quantitative estimate of drug-likeness (QED) is 0.809. The Labute approximate surface area is 122 Å². The summed E-state index contributed by atoms with van der Waals surface area (Å²) in [7, 11) is 0. The standard InChI is InChI=1S/C17H26N2O/c1-2-4-17-15(3-1)5-6-16(19-17)9-12-20-11-8-14-7-10-18-13-14/h5-6,14,18H,1-4,7-13H2/t14-/m0/s1. The normalized spacial score (nSPS) is 21.9. The van der Waals surface area contributed by atoms with Crippen LogP contribution in [-0.2, 0) is 24.0 Å². The van der Waals surface area contributed by atoms with E-state index >= 15 is 0 Å². The van der Waals surface area contributed by atoms with Gasteiger partial charge in [0.15, 0.2) is 0 Å². The number of nitrogens with zero attached hydrogens (tertiary/aromatic N) is 1. The van der Waals surface area contributed by atoms with Gasteiger partial charge in [0.1, 0.15) is 0 Å². The summed E-state index contributed by atoms with van der Waals surface area (Å²) in [6, 6.07) is 4.47. The minimum absolute atomic E-state index is 0.811. The van der Waals surface area contributed by atoms with Gasteiger partial charge in [0.05, 0.1) is 6.61 Å². The van der Waals surface area contributed by atoms with Gasteiger partial charge in [0.25, 0.3) is 0 Å².